The van der Waals surface area contributed by atoms with Crippen LogP contribution >= 0.6 is 23.2 Å². The van der Waals surface area contributed by atoms with Crippen LogP contribution in [-0.4, -0.2) is 34.9 Å². The van der Waals surface area contributed by atoms with Crippen molar-refractivity contribution in [3.8, 4) is 5.75 Å². The zero-order valence-electron chi connectivity index (χ0n) is 20.1. The van der Waals surface area contributed by atoms with Crippen molar-refractivity contribution in [2.45, 2.75) is 45.3 Å². The van der Waals surface area contributed by atoms with Gasteiger partial charge in [-0.05, 0) is 50.1 Å². The van der Waals surface area contributed by atoms with Crippen molar-refractivity contribution in [1.82, 2.24) is 10.2 Å². The number of carbonyl (C=O) groups excluding carboxylic acids is 2. The van der Waals surface area contributed by atoms with Gasteiger partial charge >= 0.3 is 0 Å². The number of ether oxygens (including phenoxy) is 1. The van der Waals surface area contributed by atoms with Crippen molar-refractivity contribution in [3.05, 3.63) is 100 Å². The molecule has 0 aliphatic rings. The Morgan fingerprint density at radius 3 is 2.11 bits per heavy atom. The molecule has 0 radical (unpaired) electrons. The monoisotopic (exact) mass is 512 g/mol. The highest BCUT2D eigenvalue weighted by molar-refractivity contribution is 6.32. The van der Waals surface area contributed by atoms with Crippen LogP contribution in [0.1, 0.15) is 31.9 Å². The molecule has 1 atom stereocenters. The molecule has 0 heterocycles. The Hall–Kier alpha value is -3.02. The first-order valence-electron chi connectivity index (χ1n) is 11.4. The van der Waals surface area contributed by atoms with Gasteiger partial charge in [-0.25, -0.2) is 0 Å². The maximum absolute atomic E-state index is 13.6. The smallest absolute Gasteiger partial charge is 0.261 e. The van der Waals surface area contributed by atoms with Crippen LogP contribution in [0.25, 0.3) is 0 Å². The summed E-state index contributed by atoms with van der Waals surface area (Å²) in [5, 5.41) is 3.96. The standard InChI is InChI=1S/C28H30Cl2N2O3/c1-28(2,3)31-27(34)24(17-20-11-5-4-6-12-20)32(18-21-13-7-8-14-22(21)29)26(33)19-35-25-16-10-9-15-23(25)30/h4-16,24H,17-19H2,1-3H3,(H,31,34)/t24-/m0/s1. The fraction of sp³-hybridized carbons (Fsp3) is 0.286. The highest BCUT2D eigenvalue weighted by Gasteiger charge is 2.32. The molecule has 3 aromatic carbocycles. The number of nitrogens with one attached hydrogen (secondary N) is 1. The fourth-order valence-electron chi connectivity index (χ4n) is 3.60. The second kappa shape index (κ2) is 12.1. The number of hydrogen-bond acceptors (Lipinski definition) is 3. The maximum Gasteiger partial charge on any atom is 0.261 e. The number of rotatable bonds is 9. The van der Waals surface area contributed by atoms with Crippen LogP contribution in [0.3, 0.4) is 0 Å². The molecule has 3 rings (SSSR count). The van der Waals surface area contributed by atoms with Gasteiger partial charge in [0.15, 0.2) is 6.61 Å². The Morgan fingerprint density at radius 1 is 0.886 bits per heavy atom. The third-order valence-electron chi connectivity index (χ3n) is 5.26. The lowest BCUT2D eigenvalue weighted by molar-refractivity contribution is -0.143. The van der Waals surface area contributed by atoms with E-state index in [1.807, 2.05) is 69.3 Å². The molecule has 0 aliphatic heterocycles. The number of halogens is 2. The molecule has 5 nitrogen and oxygen atoms in total. The Kier molecular flexibility index (Phi) is 9.19. The van der Waals surface area contributed by atoms with E-state index in [4.69, 9.17) is 27.9 Å². The van der Waals surface area contributed by atoms with Crippen molar-refractivity contribution < 1.29 is 14.3 Å². The molecule has 0 spiro atoms. The number of benzene rings is 3. The van der Waals surface area contributed by atoms with Gasteiger partial charge in [0.1, 0.15) is 11.8 Å². The van der Waals surface area contributed by atoms with Crippen molar-refractivity contribution in [2.75, 3.05) is 6.61 Å². The number of para-hydroxylation sites is 1. The minimum absolute atomic E-state index is 0.152. The lowest BCUT2D eigenvalue weighted by Gasteiger charge is -2.34. The van der Waals surface area contributed by atoms with Gasteiger partial charge in [-0.1, -0.05) is 83.9 Å². The second-order valence-electron chi connectivity index (χ2n) is 9.28. The van der Waals surface area contributed by atoms with Crippen LogP contribution in [0.15, 0.2) is 78.9 Å². The van der Waals surface area contributed by atoms with Crippen LogP contribution in [0, 0.1) is 0 Å². The number of carbonyl (C=O) groups is 2. The van der Waals surface area contributed by atoms with Gasteiger partial charge in [0.05, 0.1) is 5.02 Å². The van der Waals surface area contributed by atoms with Crippen LogP contribution in [0.2, 0.25) is 10.0 Å². The van der Waals surface area contributed by atoms with E-state index in [2.05, 4.69) is 5.32 Å². The third kappa shape index (κ3) is 8.01. The zero-order valence-corrected chi connectivity index (χ0v) is 21.6. The van der Waals surface area contributed by atoms with E-state index in [1.54, 1.807) is 30.3 Å². The first kappa shape index (κ1) is 26.6. The summed E-state index contributed by atoms with van der Waals surface area (Å²) in [5.41, 5.74) is 1.20. The molecule has 0 bridgehead atoms. The summed E-state index contributed by atoms with van der Waals surface area (Å²) >= 11 is 12.6. The minimum atomic E-state index is -0.782. The summed E-state index contributed by atoms with van der Waals surface area (Å²) in [6.45, 7) is 5.60. The van der Waals surface area contributed by atoms with Gasteiger partial charge in [-0.3, -0.25) is 9.59 Å². The highest BCUT2D eigenvalue weighted by Crippen LogP contribution is 2.24. The molecule has 35 heavy (non-hydrogen) atoms. The average Bonchev–Trinajstić information content (AvgIpc) is 2.81. The average molecular weight is 513 g/mol. The second-order valence-corrected chi connectivity index (χ2v) is 10.1. The van der Waals surface area contributed by atoms with E-state index in [9.17, 15) is 9.59 Å². The molecule has 0 unspecified atom stereocenters. The third-order valence-corrected chi connectivity index (χ3v) is 5.94. The van der Waals surface area contributed by atoms with Crippen molar-refractivity contribution in [1.29, 1.82) is 0 Å². The Bertz CT molecular complexity index is 1150. The van der Waals surface area contributed by atoms with E-state index < -0.39 is 11.6 Å². The lowest BCUT2D eigenvalue weighted by Crippen LogP contribution is -2.55. The number of hydrogen-bond donors (Lipinski definition) is 1. The summed E-state index contributed by atoms with van der Waals surface area (Å²) < 4.78 is 5.74. The van der Waals surface area contributed by atoms with E-state index in [1.165, 1.54) is 4.90 Å². The Balaban J connectivity index is 1.95. The van der Waals surface area contributed by atoms with E-state index in [-0.39, 0.29) is 25.0 Å². The van der Waals surface area contributed by atoms with Crippen LogP contribution < -0.4 is 10.1 Å². The zero-order chi connectivity index (χ0) is 25.4. The summed E-state index contributed by atoms with van der Waals surface area (Å²) in [5.74, 6) is -0.201. The summed E-state index contributed by atoms with van der Waals surface area (Å²) in [6.07, 6.45) is 0.338. The summed E-state index contributed by atoms with van der Waals surface area (Å²) in [6, 6.07) is 23.1. The molecule has 0 aliphatic carbocycles. The SMILES string of the molecule is CC(C)(C)NC(=O)[C@H](Cc1ccccc1)N(Cc1ccccc1Cl)C(=O)COc1ccccc1Cl. The van der Waals surface area contributed by atoms with E-state index >= 15 is 0 Å². The molecular formula is C28H30Cl2N2O3. The van der Waals surface area contributed by atoms with Crippen molar-refractivity contribution >= 4 is 35.0 Å². The lowest BCUT2D eigenvalue weighted by atomic mass is 10.0. The van der Waals surface area contributed by atoms with Gasteiger partial charge in [0.25, 0.3) is 5.91 Å². The van der Waals surface area contributed by atoms with Gasteiger partial charge in [0, 0.05) is 23.5 Å². The van der Waals surface area contributed by atoms with Crippen LogP contribution in [0.4, 0.5) is 0 Å². The molecule has 0 aromatic heterocycles. The number of nitrogens with zero attached hydrogens (tertiary/aromatic N) is 1. The highest BCUT2D eigenvalue weighted by atomic mass is 35.5. The van der Waals surface area contributed by atoms with Gasteiger partial charge < -0.3 is 15.0 Å². The molecule has 3 aromatic rings. The molecule has 7 heteroatoms. The largest absolute Gasteiger partial charge is 0.482 e. The normalized spacial score (nSPS) is 12.0. The topological polar surface area (TPSA) is 58.6 Å². The van der Waals surface area contributed by atoms with Gasteiger partial charge in [-0.15, -0.1) is 0 Å². The Morgan fingerprint density at radius 2 is 1.49 bits per heavy atom. The molecule has 0 saturated carbocycles. The quantitative estimate of drug-likeness (QED) is 0.386. The van der Waals surface area contributed by atoms with Crippen molar-refractivity contribution in [2.24, 2.45) is 0 Å². The minimum Gasteiger partial charge on any atom is -0.482 e. The molecule has 2 amide bonds. The van der Waals surface area contributed by atoms with E-state index in [0.29, 0.717) is 22.2 Å². The molecule has 0 saturated heterocycles. The fourth-order valence-corrected chi connectivity index (χ4v) is 3.99. The molecule has 0 fully saturated rings. The first-order chi connectivity index (χ1) is 16.6. The van der Waals surface area contributed by atoms with Crippen LogP contribution in [-0.2, 0) is 22.6 Å². The van der Waals surface area contributed by atoms with Gasteiger partial charge in [-0.2, -0.15) is 0 Å². The molecular weight excluding hydrogens is 483 g/mol. The van der Waals surface area contributed by atoms with Crippen molar-refractivity contribution in [3.63, 3.8) is 0 Å². The maximum atomic E-state index is 13.6. The van der Waals surface area contributed by atoms with Gasteiger partial charge in [0.2, 0.25) is 5.91 Å². The summed E-state index contributed by atoms with van der Waals surface area (Å²) in [7, 11) is 0. The first-order valence-corrected chi connectivity index (χ1v) is 12.2. The van der Waals surface area contributed by atoms with E-state index in [0.717, 1.165) is 11.1 Å². The van der Waals surface area contributed by atoms with Crippen LogP contribution in [0.5, 0.6) is 5.75 Å². The predicted molar refractivity (Wildman–Crippen MR) is 141 cm³/mol. The number of amides is 2. The Labute approximate surface area is 217 Å². The molecule has 1 N–H and O–H groups in total. The predicted octanol–water partition coefficient (Wildman–Crippen LogP) is 5.93. The molecule has 184 valence electrons. The summed E-state index contributed by atoms with van der Waals surface area (Å²) in [4.78, 5) is 28.6.